The van der Waals surface area contributed by atoms with Crippen LogP contribution in [0, 0.1) is 5.92 Å². The first-order valence-electron chi connectivity index (χ1n) is 7.83. The number of benzene rings is 1. The third-order valence-electron chi connectivity index (χ3n) is 4.14. The molecule has 21 heavy (non-hydrogen) atoms. The van der Waals surface area contributed by atoms with Gasteiger partial charge in [-0.25, -0.2) is 4.79 Å². The molecule has 4 heteroatoms. The standard InChI is InChI=1S/C17H26N2O2/c1-3-19(13-15-5-4-10-18-11-15)12-14-6-8-16(9-7-14)17(20)21-2/h6-9,15,18H,3-5,10-13H2,1-2H3. The second kappa shape index (κ2) is 8.15. The molecule has 2 rings (SSSR count). The number of nitrogens with zero attached hydrogens (tertiary/aromatic N) is 1. The van der Waals surface area contributed by atoms with Gasteiger partial charge in [-0.1, -0.05) is 19.1 Å². The highest BCUT2D eigenvalue weighted by molar-refractivity contribution is 5.89. The summed E-state index contributed by atoms with van der Waals surface area (Å²) in [5.41, 5.74) is 1.86. The van der Waals surface area contributed by atoms with Crippen LogP contribution in [0.1, 0.15) is 35.7 Å². The van der Waals surface area contributed by atoms with E-state index in [4.69, 9.17) is 4.74 Å². The second-order valence-corrected chi connectivity index (χ2v) is 5.73. The van der Waals surface area contributed by atoms with Crippen molar-refractivity contribution in [1.82, 2.24) is 10.2 Å². The lowest BCUT2D eigenvalue weighted by Gasteiger charge is -2.29. The van der Waals surface area contributed by atoms with Crippen LogP contribution in [-0.2, 0) is 11.3 Å². The van der Waals surface area contributed by atoms with Crippen LogP contribution < -0.4 is 5.32 Å². The highest BCUT2D eigenvalue weighted by atomic mass is 16.5. The zero-order valence-corrected chi connectivity index (χ0v) is 13.1. The van der Waals surface area contributed by atoms with Gasteiger partial charge in [0.15, 0.2) is 0 Å². The summed E-state index contributed by atoms with van der Waals surface area (Å²) in [6.07, 6.45) is 2.61. The topological polar surface area (TPSA) is 41.6 Å². The Bertz CT molecular complexity index is 439. The minimum absolute atomic E-state index is 0.276. The van der Waals surface area contributed by atoms with Crippen LogP contribution in [0.4, 0.5) is 0 Å². The van der Waals surface area contributed by atoms with Crippen molar-refractivity contribution < 1.29 is 9.53 Å². The largest absolute Gasteiger partial charge is 0.465 e. The Morgan fingerprint density at radius 2 is 2.14 bits per heavy atom. The van der Waals surface area contributed by atoms with Crippen LogP contribution in [0.5, 0.6) is 0 Å². The molecule has 0 bridgehead atoms. The molecule has 1 N–H and O–H groups in total. The number of ether oxygens (including phenoxy) is 1. The SMILES string of the molecule is CCN(Cc1ccc(C(=O)OC)cc1)CC1CCCNC1. The Balaban J connectivity index is 1.89. The average Bonchev–Trinajstić information content (AvgIpc) is 2.55. The third kappa shape index (κ3) is 4.83. The number of esters is 1. The van der Waals surface area contributed by atoms with E-state index in [1.165, 1.54) is 25.5 Å². The van der Waals surface area contributed by atoms with Crippen molar-refractivity contribution in [3.05, 3.63) is 35.4 Å². The van der Waals surface area contributed by atoms with Gasteiger partial charge >= 0.3 is 5.97 Å². The van der Waals surface area contributed by atoms with Crippen LogP contribution in [-0.4, -0.2) is 44.2 Å². The highest BCUT2D eigenvalue weighted by Gasteiger charge is 2.16. The van der Waals surface area contributed by atoms with Gasteiger partial charge in [-0.05, 0) is 56.1 Å². The van der Waals surface area contributed by atoms with Gasteiger partial charge in [0.25, 0.3) is 0 Å². The molecule has 1 heterocycles. The van der Waals surface area contributed by atoms with Gasteiger partial charge in [0, 0.05) is 13.1 Å². The molecule has 0 aliphatic carbocycles. The van der Waals surface area contributed by atoms with Gasteiger partial charge in [-0.2, -0.15) is 0 Å². The summed E-state index contributed by atoms with van der Waals surface area (Å²) >= 11 is 0. The van der Waals surface area contributed by atoms with Gasteiger partial charge in [0.05, 0.1) is 12.7 Å². The maximum absolute atomic E-state index is 11.4. The van der Waals surface area contributed by atoms with Crippen molar-refractivity contribution in [2.45, 2.75) is 26.3 Å². The summed E-state index contributed by atoms with van der Waals surface area (Å²) < 4.78 is 4.72. The van der Waals surface area contributed by atoms with Crippen LogP contribution >= 0.6 is 0 Å². The van der Waals surface area contributed by atoms with Crippen LogP contribution in [0.15, 0.2) is 24.3 Å². The number of nitrogens with one attached hydrogen (secondary N) is 1. The van der Waals surface area contributed by atoms with Crippen molar-refractivity contribution in [3.63, 3.8) is 0 Å². The van der Waals surface area contributed by atoms with E-state index in [0.29, 0.717) is 5.56 Å². The van der Waals surface area contributed by atoms with Gasteiger partial charge in [0.2, 0.25) is 0 Å². The molecular formula is C17H26N2O2. The molecule has 1 saturated heterocycles. The molecule has 4 nitrogen and oxygen atoms in total. The summed E-state index contributed by atoms with van der Waals surface area (Å²) in [6, 6.07) is 7.73. The zero-order chi connectivity index (χ0) is 15.1. The van der Waals surface area contributed by atoms with E-state index in [0.717, 1.165) is 38.6 Å². The quantitative estimate of drug-likeness (QED) is 0.816. The molecule has 0 aromatic heterocycles. The molecule has 0 radical (unpaired) electrons. The first kappa shape index (κ1) is 16.0. The average molecular weight is 290 g/mol. The Morgan fingerprint density at radius 3 is 2.71 bits per heavy atom. The lowest BCUT2D eigenvalue weighted by atomic mass is 9.99. The summed E-state index contributed by atoms with van der Waals surface area (Å²) in [5.74, 6) is 0.482. The third-order valence-corrected chi connectivity index (χ3v) is 4.14. The maximum Gasteiger partial charge on any atom is 0.337 e. The molecule has 1 unspecified atom stereocenters. The number of carbonyl (C=O) groups is 1. The number of methoxy groups -OCH3 is 1. The van der Waals surface area contributed by atoms with Gasteiger partial charge < -0.3 is 10.1 Å². The van der Waals surface area contributed by atoms with E-state index in [1.54, 1.807) is 0 Å². The summed E-state index contributed by atoms with van der Waals surface area (Å²) in [4.78, 5) is 13.9. The summed E-state index contributed by atoms with van der Waals surface area (Å²) in [7, 11) is 1.41. The Kier molecular flexibility index (Phi) is 6.21. The molecule has 1 aliphatic heterocycles. The Morgan fingerprint density at radius 1 is 1.38 bits per heavy atom. The Hall–Kier alpha value is -1.39. The van der Waals surface area contributed by atoms with E-state index in [9.17, 15) is 4.79 Å². The van der Waals surface area contributed by atoms with E-state index in [1.807, 2.05) is 24.3 Å². The van der Waals surface area contributed by atoms with Crippen molar-refractivity contribution in [1.29, 1.82) is 0 Å². The number of piperidine rings is 1. The minimum Gasteiger partial charge on any atom is -0.465 e. The van der Waals surface area contributed by atoms with Crippen molar-refractivity contribution in [2.24, 2.45) is 5.92 Å². The maximum atomic E-state index is 11.4. The normalized spacial score (nSPS) is 18.7. The molecule has 0 spiro atoms. The summed E-state index contributed by atoms with van der Waals surface area (Å²) in [6.45, 7) is 7.64. The molecule has 1 aliphatic rings. The summed E-state index contributed by atoms with van der Waals surface area (Å²) in [5, 5.41) is 3.48. The van der Waals surface area contributed by atoms with Gasteiger partial charge in [-0.3, -0.25) is 4.90 Å². The van der Waals surface area contributed by atoms with Crippen molar-refractivity contribution in [3.8, 4) is 0 Å². The van der Waals surface area contributed by atoms with E-state index >= 15 is 0 Å². The first-order chi connectivity index (χ1) is 10.2. The second-order valence-electron chi connectivity index (χ2n) is 5.73. The van der Waals surface area contributed by atoms with Crippen molar-refractivity contribution in [2.75, 3.05) is 33.3 Å². The number of carbonyl (C=O) groups excluding carboxylic acids is 1. The molecule has 1 aromatic rings. The predicted molar refractivity (Wildman–Crippen MR) is 84.3 cm³/mol. The van der Waals surface area contributed by atoms with E-state index < -0.39 is 0 Å². The van der Waals surface area contributed by atoms with Crippen molar-refractivity contribution >= 4 is 5.97 Å². The number of hydrogen-bond acceptors (Lipinski definition) is 4. The fourth-order valence-corrected chi connectivity index (χ4v) is 2.87. The monoisotopic (exact) mass is 290 g/mol. The van der Waals surface area contributed by atoms with E-state index in [2.05, 4.69) is 17.1 Å². The lowest BCUT2D eigenvalue weighted by Crippen LogP contribution is -2.38. The molecule has 0 saturated carbocycles. The van der Waals surface area contributed by atoms with Gasteiger partial charge in [-0.15, -0.1) is 0 Å². The Labute approximate surface area is 127 Å². The van der Waals surface area contributed by atoms with Crippen LogP contribution in [0.25, 0.3) is 0 Å². The fraction of sp³-hybridized carbons (Fsp3) is 0.588. The zero-order valence-electron chi connectivity index (χ0n) is 13.1. The first-order valence-corrected chi connectivity index (χ1v) is 7.83. The number of hydrogen-bond donors (Lipinski definition) is 1. The molecule has 1 aromatic carbocycles. The molecule has 1 fully saturated rings. The van der Waals surface area contributed by atoms with E-state index in [-0.39, 0.29) is 5.97 Å². The smallest absolute Gasteiger partial charge is 0.337 e. The molecule has 0 amide bonds. The van der Waals surface area contributed by atoms with Gasteiger partial charge in [0.1, 0.15) is 0 Å². The number of rotatable bonds is 6. The predicted octanol–water partition coefficient (Wildman–Crippen LogP) is 2.29. The molecule has 1 atom stereocenters. The van der Waals surface area contributed by atoms with Crippen LogP contribution in [0.3, 0.4) is 0 Å². The minimum atomic E-state index is -0.276. The fourth-order valence-electron chi connectivity index (χ4n) is 2.87. The highest BCUT2D eigenvalue weighted by Crippen LogP contribution is 2.14. The lowest BCUT2D eigenvalue weighted by molar-refractivity contribution is 0.0600. The van der Waals surface area contributed by atoms with Crippen LogP contribution in [0.2, 0.25) is 0 Å². The molecular weight excluding hydrogens is 264 g/mol. The molecule has 116 valence electrons.